The molecule has 2 aromatic carbocycles. The van der Waals surface area contributed by atoms with E-state index in [1.165, 1.54) is 16.7 Å². The molecule has 1 N–H and O–H groups in total. The number of aryl methyl sites for hydroxylation is 3. The van der Waals surface area contributed by atoms with Crippen LogP contribution < -0.4 is 5.32 Å². The lowest BCUT2D eigenvalue weighted by Gasteiger charge is -2.14. The van der Waals surface area contributed by atoms with Gasteiger partial charge in [-0.05, 0) is 51.5 Å². The first kappa shape index (κ1) is 15.6. The number of hydrogen-bond acceptors (Lipinski definition) is 2. The van der Waals surface area contributed by atoms with Crippen LogP contribution >= 0.6 is 11.8 Å². The summed E-state index contributed by atoms with van der Waals surface area (Å²) in [6, 6.07) is 14.2. The van der Waals surface area contributed by atoms with Crippen molar-refractivity contribution in [3.8, 4) is 0 Å². The summed E-state index contributed by atoms with van der Waals surface area (Å²) in [6.45, 7) is 8.13. The van der Waals surface area contributed by atoms with Gasteiger partial charge in [-0.15, -0.1) is 11.8 Å². The van der Waals surface area contributed by atoms with Crippen LogP contribution in [0.4, 0.5) is 5.69 Å². The van der Waals surface area contributed by atoms with Crippen molar-refractivity contribution in [1.29, 1.82) is 0 Å². The van der Waals surface area contributed by atoms with Gasteiger partial charge in [-0.1, -0.05) is 35.4 Å². The number of nitrogens with one attached hydrogen (secondary N) is 1. The fourth-order valence-corrected chi connectivity index (χ4v) is 2.99. The Morgan fingerprint density at radius 3 is 2.24 bits per heavy atom. The van der Waals surface area contributed by atoms with E-state index in [1.54, 1.807) is 11.8 Å². The summed E-state index contributed by atoms with van der Waals surface area (Å²) in [7, 11) is 0. The summed E-state index contributed by atoms with van der Waals surface area (Å²) in [6.07, 6.45) is 0. The van der Waals surface area contributed by atoms with Crippen molar-refractivity contribution in [2.24, 2.45) is 0 Å². The summed E-state index contributed by atoms with van der Waals surface area (Å²) >= 11 is 1.60. The Hall–Kier alpha value is -1.74. The lowest BCUT2D eigenvalue weighted by Crippen LogP contribution is -2.22. The highest BCUT2D eigenvalue weighted by molar-refractivity contribution is 8.00. The van der Waals surface area contributed by atoms with E-state index in [0.29, 0.717) is 0 Å². The molecule has 0 radical (unpaired) electrons. The van der Waals surface area contributed by atoms with E-state index in [0.717, 1.165) is 10.6 Å². The quantitative estimate of drug-likeness (QED) is 0.827. The van der Waals surface area contributed by atoms with Gasteiger partial charge in [-0.25, -0.2) is 0 Å². The fourth-order valence-electron chi connectivity index (χ4n) is 2.06. The molecule has 1 atom stereocenters. The van der Waals surface area contributed by atoms with Crippen molar-refractivity contribution in [3.63, 3.8) is 0 Å². The molecule has 0 aromatic heterocycles. The zero-order valence-electron chi connectivity index (χ0n) is 12.9. The highest BCUT2D eigenvalue weighted by Crippen LogP contribution is 2.28. The van der Waals surface area contributed by atoms with Crippen LogP contribution in [0, 0.1) is 20.8 Å². The Morgan fingerprint density at radius 2 is 1.62 bits per heavy atom. The van der Waals surface area contributed by atoms with Gasteiger partial charge < -0.3 is 5.32 Å². The molecular weight excluding hydrogens is 278 g/mol. The van der Waals surface area contributed by atoms with Gasteiger partial charge in [-0.2, -0.15) is 0 Å². The molecule has 2 rings (SSSR count). The Bertz CT molecular complexity index is 634. The molecule has 2 aromatic rings. The van der Waals surface area contributed by atoms with Gasteiger partial charge in [0.05, 0.1) is 5.25 Å². The predicted molar refractivity (Wildman–Crippen MR) is 91.0 cm³/mol. The average molecular weight is 299 g/mol. The number of hydrogen-bond donors (Lipinski definition) is 1. The minimum absolute atomic E-state index is 0.0313. The van der Waals surface area contributed by atoms with Gasteiger partial charge in [-0.3, -0.25) is 4.79 Å². The first-order valence-corrected chi connectivity index (χ1v) is 7.95. The molecule has 0 aliphatic rings. The van der Waals surface area contributed by atoms with Crippen LogP contribution in [-0.4, -0.2) is 11.2 Å². The first-order valence-electron chi connectivity index (χ1n) is 7.07. The van der Waals surface area contributed by atoms with Crippen molar-refractivity contribution in [1.82, 2.24) is 0 Å². The number of anilines is 1. The highest BCUT2D eigenvalue weighted by Gasteiger charge is 2.15. The maximum atomic E-state index is 12.2. The molecule has 0 fully saturated rings. The van der Waals surface area contributed by atoms with E-state index in [2.05, 4.69) is 37.4 Å². The Morgan fingerprint density at radius 1 is 1.00 bits per heavy atom. The van der Waals surface area contributed by atoms with Gasteiger partial charge in [0.15, 0.2) is 0 Å². The third kappa shape index (κ3) is 4.36. The lowest BCUT2D eigenvalue weighted by molar-refractivity contribution is -0.115. The van der Waals surface area contributed by atoms with Crippen LogP contribution in [0.2, 0.25) is 0 Å². The molecule has 3 heteroatoms. The van der Waals surface area contributed by atoms with Crippen LogP contribution in [0.3, 0.4) is 0 Å². The smallest absolute Gasteiger partial charge is 0.237 e. The minimum atomic E-state index is -0.132. The van der Waals surface area contributed by atoms with E-state index in [-0.39, 0.29) is 11.2 Å². The van der Waals surface area contributed by atoms with E-state index >= 15 is 0 Å². The van der Waals surface area contributed by atoms with E-state index in [1.807, 2.05) is 38.1 Å². The van der Waals surface area contributed by atoms with Crippen molar-refractivity contribution in [2.75, 3.05) is 5.32 Å². The van der Waals surface area contributed by atoms with Crippen molar-refractivity contribution in [3.05, 3.63) is 59.2 Å². The summed E-state index contributed by atoms with van der Waals surface area (Å²) in [5.41, 5.74) is 4.49. The van der Waals surface area contributed by atoms with Crippen LogP contribution in [0.1, 0.15) is 23.6 Å². The zero-order chi connectivity index (χ0) is 15.4. The van der Waals surface area contributed by atoms with Gasteiger partial charge >= 0.3 is 0 Å². The number of carbonyl (C=O) groups excluding carboxylic acids is 1. The fraction of sp³-hybridized carbons (Fsp3) is 0.278. The van der Waals surface area contributed by atoms with Crippen LogP contribution in [0.15, 0.2) is 47.4 Å². The van der Waals surface area contributed by atoms with E-state index in [9.17, 15) is 4.79 Å². The van der Waals surface area contributed by atoms with E-state index in [4.69, 9.17) is 0 Å². The monoisotopic (exact) mass is 299 g/mol. The molecular formula is C18H21NOS. The van der Waals surface area contributed by atoms with Gasteiger partial charge in [0.2, 0.25) is 5.91 Å². The normalized spacial score (nSPS) is 12.0. The predicted octanol–water partition coefficient (Wildman–Crippen LogP) is 4.73. The summed E-state index contributed by atoms with van der Waals surface area (Å²) < 4.78 is 0. The summed E-state index contributed by atoms with van der Waals surface area (Å²) in [5, 5.41) is 2.83. The molecule has 1 amide bonds. The number of rotatable bonds is 4. The Labute approximate surface area is 131 Å². The molecule has 0 saturated carbocycles. The van der Waals surface area contributed by atoms with E-state index < -0.39 is 0 Å². The molecule has 0 aliphatic carbocycles. The van der Waals surface area contributed by atoms with Crippen LogP contribution in [0.25, 0.3) is 0 Å². The topological polar surface area (TPSA) is 29.1 Å². The maximum absolute atomic E-state index is 12.2. The molecule has 0 unspecified atom stereocenters. The second kappa shape index (κ2) is 6.81. The first-order chi connectivity index (χ1) is 9.95. The largest absolute Gasteiger partial charge is 0.325 e. The molecule has 0 spiro atoms. The Balaban J connectivity index is 2.00. The summed E-state index contributed by atoms with van der Waals surface area (Å²) in [5.74, 6) is 0.0313. The Kier molecular flexibility index (Phi) is 5.07. The van der Waals surface area contributed by atoms with Crippen molar-refractivity contribution < 1.29 is 4.79 Å². The maximum Gasteiger partial charge on any atom is 0.237 e. The third-order valence-corrected chi connectivity index (χ3v) is 4.60. The molecule has 2 nitrogen and oxygen atoms in total. The molecule has 21 heavy (non-hydrogen) atoms. The minimum Gasteiger partial charge on any atom is -0.325 e. The van der Waals surface area contributed by atoms with Crippen LogP contribution in [0.5, 0.6) is 0 Å². The average Bonchev–Trinajstić information content (AvgIpc) is 2.44. The van der Waals surface area contributed by atoms with Crippen LogP contribution in [-0.2, 0) is 4.79 Å². The number of thioether (sulfide) groups is 1. The second-order valence-corrected chi connectivity index (χ2v) is 6.77. The third-order valence-electron chi connectivity index (χ3n) is 3.32. The molecule has 0 heterocycles. The molecule has 0 saturated heterocycles. The number of amides is 1. The highest BCUT2D eigenvalue weighted by atomic mass is 32.2. The number of benzene rings is 2. The number of carbonyl (C=O) groups is 1. The molecule has 0 aliphatic heterocycles. The van der Waals surface area contributed by atoms with Crippen molar-refractivity contribution >= 4 is 23.4 Å². The van der Waals surface area contributed by atoms with Gasteiger partial charge in [0, 0.05) is 10.6 Å². The van der Waals surface area contributed by atoms with Gasteiger partial charge in [0.1, 0.15) is 0 Å². The standard InChI is InChI=1S/C18H21NOS/c1-12-5-8-16(9-6-12)19-18(20)15(4)21-17-10-7-13(2)11-14(17)3/h5-11,15H,1-4H3,(H,19,20)/t15-/m0/s1. The SMILES string of the molecule is Cc1ccc(NC(=O)[C@H](C)Sc2ccc(C)cc2C)cc1. The zero-order valence-corrected chi connectivity index (χ0v) is 13.8. The summed E-state index contributed by atoms with van der Waals surface area (Å²) in [4.78, 5) is 13.4. The van der Waals surface area contributed by atoms with Gasteiger partial charge in [0.25, 0.3) is 0 Å². The molecule has 110 valence electrons. The van der Waals surface area contributed by atoms with Crippen molar-refractivity contribution in [2.45, 2.75) is 37.8 Å². The lowest BCUT2D eigenvalue weighted by atomic mass is 10.2. The second-order valence-electron chi connectivity index (χ2n) is 5.38. The molecule has 0 bridgehead atoms.